The van der Waals surface area contributed by atoms with Gasteiger partial charge in [-0.3, -0.25) is 9.59 Å². The maximum absolute atomic E-state index is 11.7. The van der Waals surface area contributed by atoms with E-state index in [1.165, 1.54) is 0 Å². The van der Waals surface area contributed by atoms with E-state index in [1.54, 1.807) is 0 Å². The van der Waals surface area contributed by atoms with Crippen LogP contribution in [0.15, 0.2) is 0 Å². The van der Waals surface area contributed by atoms with Gasteiger partial charge in [-0.05, 0) is 11.8 Å². The first-order valence-corrected chi connectivity index (χ1v) is 4.98. The number of carbonyl (C=O) groups excluding carboxylic acids is 2. The molecule has 0 unspecified atom stereocenters. The van der Waals surface area contributed by atoms with Crippen molar-refractivity contribution in [2.24, 2.45) is 11.3 Å². The Kier molecular flexibility index (Phi) is 3.13. The van der Waals surface area contributed by atoms with Gasteiger partial charge in [0, 0.05) is 13.1 Å². The summed E-state index contributed by atoms with van der Waals surface area (Å²) in [4.78, 5) is 23.3. The zero-order valence-electron chi connectivity index (χ0n) is 9.02. The van der Waals surface area contributed by atoms with Crippen molar-refractivity contribution in [3.05, 3.63) is 0 Å². The number of carbonyl (C=O) groups is 2. The van der Waals surface area contributed by atoms with Gasteiger partial charge < -0.3 is 10.6 Å². The number of hydrogen-bond acceptors (Lipinski definition) is 2. The van der Waals surface area contributed by atoms with E-state index in [2.05, 4.69) is 10.6 Å². The van der Waals surface area contributed by atoms with Crippen molar-refractivity contribution in [2.45, 2.75) is 27.2 Å². The summed E-state index contributed by atoms with van der Waals surface area (Å²) in [6.45, 7) is 6.99. The lowest BCUT2D eigenvalue weighted by atomic mass is 9.79. The van der Waals surface area contributed by atoms with Gasteiger partial charge in [0.2, 0.25) is 11.8 Å². The highest BCUT2D eigenvalue weighted by atomic mass is 16.2. The standard InChI is InChI=1S/C10H18N2O2/c1-10(2,3)7-8(13)11-5-4-6-12-9(7)14/h7H,4-6H2,1-3H3,(H,11,13)(H,12,14). The molecule has 4 heteroatoms. The summed E-state index contributed by atoms with van der Waals surface area (Å²) in [6, 6.07) is 0. The monoisotopic (exact) mass is 198 g/mol. The predicted octanol–water partition coefficient (Wildman–Crippen LogP) is 0.285. The summed E-state index contributed by atoms with van der Waals surface area (Å²) >= 11 is 0. The van der Waals surface area contributed by atoms with Gasteiger partial charge in [0.15, 0.2) is 0 Å². The molecule has 0 aliphatic carbocycles. The van der Waals surface area contributed by atoms with E-state index in [4.69, 9.17) is 0 Å². The summed E-state index contributed by atoms with van der Waals surface area (Å²) in [7, 11) is 0. The number of rotatable bonds is 0. The lowest BCUT2D eigenvalue weighted by molar-refractivity contribution is -0.140. The van der Waals surface area contributed by atoms with E-state index in [0.29, 0.717) is 13.1 Å². The molecule has 0 aromatic rings. The zero-order chi connectivity index (χ0) is 10.8. The van der Waals surface area contributed by atoms with Crippen molar-refractivity contribution in [3.63, 3.8) is 0 Å². The van der Waals surface area contributed by atoms with Crippen LogP contribution in [0, 0.1) is 11.3 Å². The molecule has 4 nitrogen and oxygen atoms in total. The highest BCUT2D eigenvalue weighted by Gasteiger charge is 2.37. The van der Waals surface area contributed by atoms with Crippen LogP contribution in [0.5, 0.6) is 0 Å². The summed E-state index contributed by atoms with van der Waals surface area (Å²) in [5, 5.41) is 5.54. The molecule has 0 aromatic carbocycles. The van der Waals surface area contributed by atoms with Crippen molar-refractivity contribution in [1.29, 1.82) is 0 Å². The van der Waals surface area contributed by atoms with Gasteiger partial charge in [0.25, 0.3) is 0 Å². The molecule has 0 bridgehead atoms. The minimum Gasteiger partial charge on any atom is -0.355 e. The molecule has 1 aliphatic rings. The maximum Gasteiger partial charge on any atom is 0.233 e. The van der Waals surface area contributed by atoms with Crippen LogP contribution in [-0.4, -0.2) is 24.9 Å². The molecule has 0 radical (unpaired) electrons. The molecular weight excluding hydrogens is 180 g/mol. The molecule has 14 heavy (non-hydrogen) atoms. The third kappa shape index (κ3) is 2.47. The van der Waals surface area contributed by atoms with Crippen LogP contribution in [0.3, 0.4) is 0 Å². The Balaban J connectivity index is 2.83. The van der Waals surface area contributed by atoms with Crippen molar-refractivity contribution in [3.8, 4) is 0 Å². The fourth-order valence-electron chi connectivity index (χ4n) is 1.62. The van der Waals surface area contributed by atoms with Gasteiger partial charge in [-0.15, -0.1) is 0 Å². The fourth-order valence-corrected chi connectivity index (χ4v) is 1.62. The average Bonchev–Trinajstić information content (AvgIpc) is 1.97. The molecule has 1 rings (SSSR count). The van der Waals surface area contributed by atoms with Crippen LogP contribution < -0.4 is 10.6 Å². The van der Waals surface area contributed by atoms with Crippen molar-refractivity contribution in [1.82, 2.24) is 10.6 Å². The first-order chi connectivity index (χ1) is 6.43. The van der Waals surface area contributed by atoms with Crippen LogP contribution in [0.25, 0.3) is 0 Å². The third-order valence-corrected chi connectivity index (χ3v) is 2.34. The molecule has 0 aromatic heterocycles. The Bertz CT molecular complexity index is 225. The normalized spacial score (nSPS) is 20.8. The Morgan fingerprint density at radius 2 is 1.50 bits per heavy atom. The highest BCUT2D eigenvalue weighted by Crippen LogP contribution is 2.26. The summed E-state index contributed by atoms with van der Waals surface area (Å²) in [5.41, 5.74) is -0.328. The molecule has 80 valence electrons. The SMILES string of the molecule is CC(C)(C)C1C(=O)NCCCNC1=O. The van der Waals surface area contributed by atoms with Crippen LogP contribution in [0.1, 0.15) is 27.2 Å². The van der Waals surface area contributed by atoms with Gasteiger partial charge in [-0.1, -0.05) is 20.8 Å². The third-order valence-electron chi connectivity index (χ3n) is 2.34. The molecule has 1 saturated heterocycles. The zero-order valence-corrected chi connectivity index (χ0v) is 9.02. The van der Waals surface area contributed by atoms with Crippen LogP contribution in [0.4, 0.5) is 0 Å². The fraction of sp³-hybridized carbons (Fsp3) is 0.800. The second kappa shape index (κ2) is 3.98. The van der Waals surface area contributed by atoms with E-state index < -0.39 is 5.92 Å². The van der Waals surface area contributed by atoms with Gasteiger partial charge in [-0.2, -0.15) is 0 Å². The molecule has 0 atom stereocenters. The molecule has 2 amide bonds. The number of nitrogens with one attached hydrogen (secondary N) is 2. The second-order valence-corrected chi connectivity index (χ2v) is 4.73. The Morgan fingerprint density at radius 1 is 1.07 bits per heavy atom. The largest absolute Gasteiger partial charge is 0.355 e. The minimum absolute atomic E-state index is 0.158. The summed E-state index contributed by atoms with van der Waals surface area (Å²) < 4.78 is 0. The molecular formula is C10H18N2O2. The summed E-state index contributed by atoms with van der Waals surface area (Å²) in [6.07, 6.45) is 0.800. The van der Waals surface area contributed by atoms with E-state index in [0.717, 1.165) is 6.42 Å². The van der Waals surface area contributed by atoms with Gasteiger partial charge in [0.1, 0.15) is 5.92 Å². The predicted molar refractivity (Wildman–Crippen MR) is 53.6 cm³/mol. The molecule has 1 heterocycles. The van der Waals surface area contributed by atoms with E-state index >= 15 is 0 Å². The van der Waals surface area contributed by atoms with E-state index in [-0.39, 0.29) is 17.2 Å². The van der Waals surface area contributed by atoms with Gasteiger partial charge >= 0.3 is 0 Å². The first-order valence-electron chi connectivity index (χ1n) is 4.98. The van der Waals surface area contributed by atoms with Crippen molar-refractivity contribution in [2.75, 3.05) is 13.1 Å². The molecule has 1 aliphatic heterocycles. The van der Waals surface area contributed by atoms with E-state index in [1.807, 2.05) is 20.8 Å². The minimum atomic E-state index is -0.581. The smallest absolute Gasteiger partial charge is 0.233 e. The van der Waals surface area contributed by atoms with E-state index in [9.17, 15) is 9.59 Å². The number of hydrogen-bond donors (Lipinski definition) is 2. The molecule has 0 spiro atoms. The van der Waals surface area contributed by atoms with Crippen LogP contribution in [0.2, 0.25) is 0 Å². The lowest BCUT2D eigenvalue weighted by Crippen LogP contribution is -2.50. The lowest BCUT2D eigenvalue weighted by Gasteiger charge is -2.29. The highest BCUT2D eigenvalue weighted by molar-refractivity contribution is 6.01. The van der Waals surface area contributed by atoms with Gasteiger partial charge in [0.05, 0.1) is 0 Å². The van der Waals surface area contributed by atoms with Crippen molar-refractivity contribution >= 4 is 11.8 Å². The van der Waals surface area contributed by atoms with Gasteiger partial charge in [-0.25, -0.2) is 0 Å². The molecule has 2 N–H and O–H groups in total. The Labute approximate surface area is 84.4 Å². The van der Waals surface area contributed by atoms with Crippen LogP contribution in [-0.2, 0) is 9.59 Å². The maximum atomic E-state index is 11.7. The summed E-state index contributed by atoms with van der Waals surface area (Å²) in [5.74, 6) is -0.896. The Morgan fingerprint density at radius 3 is 1.86 bits per heavy atom. The molecule has 0 saturated carbocycles. The Hall–Kier alpha value is -1.06. The van der Waals surface area contributed by atoms with Crippen molar-refractivity contribution < 1.29 is 9.59 Å². The first kappa shape index (κ1) is 11.0. The topological polar surface area (TPSA) is 58.2 Å². The molecule has 1 fully saturated rings. The quantitative estimate of drug-likeness (QED) is 0.549. The average molecular weight is 198 g/mol. The van der Waals surface area contributed by atoms with Crippen LogP contribution >= 0.6 is 0 Å². The number of amides is 2. The second-order valence-electron chi connectivity index (χ2n) is 4.73.